The Labute approximate surface area is 125 Å². The van der Waals surface area contributed by atoms with Gasteiger partial charge < -0.3 is 5.32 Å². The Hall–Kier alpha value is -1.90. The van der Waals surface area contributed by atoms with Crippen LogP contribution in [0, 0.1) is 18.6 Å². The fraction of sp³-hybridized carbons (Fsp3) is 0.333. The molecule has 0 bridgehead atoms. The molecule has 0 radical (unpaired) electrons. The Morgan fingerprint density at radius 2 is 1.67 bits per heavy atom. The smallest absolute Gasteiger partial charge is 0.128 e. The van der Waals surface area contributed by atoms with Gasteiger partial charge in [0.25, 0.3) is 0 Å². The standard InChI is InChI=1S/C18H21F2N/c1-11(2)14-6-5-7-15(9-14)21-13(4)16-10-17(19)12(3)8-18(16)20/h5-11,13,21H,1-4H3. The minimum Gasteiger partial charge on any atom is -0.378 e. The number of hydrogen-bond donors (Lipinski definition) is 1. The van der Waals surface area contributed by atoms with Crippen LogP contribution in [-0.2, 0) is 0 Å². The topological polar surface area (TPSA) is 12.0 Å². The lowest BCUT2D eigenvalue weighted by Crippen LogP contribution is -2.10. The molecule has 0 saturated heterocycles. The molecule has 2 aromatic carbocycles. The van der Waals surface area contributed by atoms with Gasteiger partial charge in [0, 0.05) is 11.3 Å². The maximum atomic E-state index is 14.0. The van der Waals surface area contributed by atoms with Crippen LogP contribution in [0.2, 0.25) is 0 Å². The molecule has 2 rings (SSSR count). The van der Waals surface area contributed by atoms with Crippen molar-refractivity contribution in [2.75, 3.05) is 5.32 Å². The second-order valence-electron chi connectivity index (χ2n) is 5.77. The van der Waals surface area contributed by atoms with Crippen LogP contribution in [-0.4, -0.2) is 0 Å². The molecule has 0 aliphatic rings. The van der Waals surface area contributed by atoms with E-state index in [2.05, 4.69) is 25.2 Å². The lowest BCUT2D eigenvalue weighted by molar-refractivity contribution is 0.571. The highest BCUT2D eigenvalue weighted by Crippen LogP contribution is 2.26. The van der Waals surface area contributed by atoms with Crippen LogP contribution in [0.4, 0.5) is 14.5 Å². The van der Waals surface area contributed by atoms with Gasteiger partial charge in [-0.05, 0) is 55.2 Å². The van der Waals surface area contributed by atoms with Crippen molar-refractivity contribution < 1.29 is 8.78 Å². The van der Waals surface area contributed by atoms with Gasteiger partial charge >= 0.3 is 0 Å². The largest absolute Gasteiger partial charge is 0.378 e. The maximum Gasteiger partial charge on any atom is 0.128 e. The summed E-state index contributed by atoms with van der Waals surface area (Å²) in [4.78, 5) is 0. The Balaban J connectivity index is 2.24. The van der Waals surface area contributed by atoms with Crippen molar-refractivity contribution in [3.63, 3.8) is 0 Å². The van der Waals surface area contributed by atoms with E-state index < -0.39 is 0 Å². The molecule has 0 fully saturated rings. The zero-order valence-electron chi connectivity index (χ0n) is 12.9. The monoisotopic (exact) mass is 289 g/mol. The zero-order valence-corrected chi connectivity index (χ0v) is 12.9. The second-order valence-corrected chi connectivity index (χ2v) is 5.77. The maximum absolute atomic E-state index is 14.0. The van der Waals surface area contributed by atoms with Gasteiger partial charge in [0.05, 0.1) is 6.04 Å². The molecule has 0 heterocycles. The second kappa shape index (κ2) is 6.25. The summed E-state index contributed by atoms with van der Waals surface area (Å²) in [6.45, 7) is 7.64. The summed E-state index contributed by atoms with van der Waals surface area (Å²) in [5.74, 6) is -0.333. The van der Waals surface area contributed by atoms with Crippen LogP contribution in [0.25, 0.3) is 0 Å². The molecule has 1 N–H and O–H groups in total. The van der Waals surface area contributed by atoms with Gasteiger partial charge in [-0.2, -0.15) is 0 Å². The van der Waals surface area contributed by atoms with Gasteiger partial charge in [-0.15, -0.1) is 0 Å². The molecule has 0 aromatic heterocycles. The van der Waals surface area contributed by atoms with Crippen LogP contribution in [0.15, 0.2) is 36.4 Å². The molecule has 0 saturated carbocycles. The lowest BCUT2D eigenvalue weighted by atomic mass is 10.0. The van der Waals surface area contributed by atoms with Crippen LogP contribution < -0.4 is 5.32 Å². The Morgan fingerprint density at radius 1 is 0.952 bits per heavy atom. The van der Waals surface area contributed by atoms with E-state index in [1.54, 1.807) is 6.92 Å². The third-order valence-electron chi connectivity index (χ3n) is 3.68. The van der Waals surface area contributed by atoms with Crippen molar-refractivity contribution >= 4 is 5.69 Å². The number of hydrogen-bond acceptors (Lipinski definition) is 1. The highest BCUT2D eigenvalue weighted by Gasteiger charge is 2.14. The van der Waals surface area contributed by atoms with Gasteiger partial charge in [-0.1, -0.05) is 26.0 Å². The van der Waals surface area contributed by atoms with E-state index in [0.29, 0.717) is 17.0 Å². The van der Waals surface area contributed by atoms with Gasteiger partial charge in [-0.3, -0.25) is 0 Å². The number of rotatable bonds is 4. The van der Waals surface area contributed by atoms with Gasteiger partial charge in [-0.25, -0.2) is 8.78 Å². The summed E-state index contributed by atoms with van der Waals surface area (Å²) in [5, 5.41) is 3.23. The summed E-state index contributed by atoms with van der Waals surface area (Å²) < 4.78 is 27.6. The fourth-order valence-electron chi connectivity index (χ4n) is 2.31. The number of aryl methyl sites for hydroxylation is 1. The summed E-state index contributed by atoms with van der Waals surface area (Å²) in [6, 6.07) is 10.2. The molecular formula is C18H21F2N. The fourth-order valence-corrected chi connectivity index (χ4v) is 2.31. The van der Waals surface area contributed by atoms with Crippen molar-refractivity contribution in [2.45, 2.75) is 39.7 Å². The molecule has 0 aliphatic carbocycles. The molecule has 1 atom stereocenters. The molecule has 1 nitrogen and oxygen atoms in total. The van der Waals surface area contributed by atoms with Crippen LogP contribution >= 0.6 is 0 Å². The van der Waals surface area contributed by atoms with E-state index in [4.69, 9.17) is 0 Å². The van der Waals surface area contributed by atoms with Crippen molar-refractivity contribution in [3.8, 4) is 0 Å². The first-order valence-electron chi connectivity index (χ1n) is 7.20. The SMILES string of the molecule is Cc1cc(F)c(C(C)Nc2cccc(C(C)C)c2)cc1F. The van der Waals surface area contributed by atoms with E-state index in [1.165, 1.54) is 17.7 Å². The summed E-state index contributed by atoms with van der Waals surface area (Å²) >= 11 is 0. The quantitative estimate of drug-likeness (QED) is 0.776. The average molecular weight is 289 g/mol. The molecule has 21 heavy (non-hydrogen) atoms. The molecule has 0 aliphatic heterocycles. The van der Waals surface area contributed by atoms with Crippen LogP contribution in [0.1, 0.15) is 49.4 Å². The summed E-state index contributed by atoms with van der Waals surface area (Å²) in [6.07, 6.45) is 0. The van der Waals surface area contributed by atoms with Gasteiger partial charge in [0.2, 0.25) is 0 Å². The summed E-state index contributed by atoms with van der Waals surface area (Å²) in [7, 11) is 0. The summed E-state index contributed by atoms with van der Waals surface area (Å²) in [5.41, 5.74) is 2.79. The highest BCUT2D eigenvalue weighted by molar-refractivity contribution is 5.48. The van der Waals surface area contributed by atoms with E-state index in [-0.39, 0.29) is 17.7 Å². The van der Waals surface area contributed by atoms with E-state index in [0.717, 1.165) is 5.69 Å². The first-order chi connectivity index (χ1) is 9.88. The molecule has 0 spiro atoms. The highest BCUT2D eigenvalue weighted by atomic mass is 19.1. The van der Waals surface area contributed by atoms with E-state index in [9.17, 15) is 8.78 Å². The third-order valence-corrected chi connectivity index (χ3v) is 3.68. The predicted molar refractivity (Wildman–Crippen MR) is 83.7 cm³/mol. The molecular weight excluding hydrogens is 268 g/mol. The van der Waals surface area contributed by atoms with Crippen molar-refractivity contribution in [2.24, 2.45) is 0 Å². The number of halogens is 2. The third kappa shape index (κ3) is 3.60. The van der Waals surface area contributed by atoms with Gasteiger partial charge in [0.1, 0.15) is 11.6 Å². The Morgan fingerprint density at radius 3 is 2.33 bits per heavy atom. The van der Waals surface area contributed by atoms with Crippen molar-refractivity contribution in [3.05, 3.63) is 64.7 Å². The minimum atomic E-state index is -0.381. The molecule has 0 amide bonds. The van der Waals surface area contributed by atoms with Gasteiger partial charge in [0.15, 0.2) is 0 Å². The Kier molecular flexibility index (Phi) is 4.61. The van der Waals surface area contributed by atoms with Crippen molar-refractivity contribution in [1.82, 2.24) is 0 Å². The number of anilines is 1. The Bertz CT molecular complexity index is 635. The molecule has 112 valence electrons. The zero-order chi connectivity index (χ0) is 15.6. The van der Waals surface area contributed by atoms with E-state index in [1.807, 2.05) is 25.1 Å². The minimum absolute atomic E-state index is 0.303. The normalized spacial score (nSPS) is 12.5. The first kappa shape index (κ1) is 15.5. The van der Waals surface area contributed by atoms with Crippen LogP contribution in [0.5, 0.6) is 0 Å². The number of nitrogens with one attached hydrogen (secondary N) is 1. The molecule has 3 heteroatoms. The van der Waals surface area contributed by atoms with Crippen LogP contribution in [0.3, 0.4) is 0 Å². The predicted octanol–water partition coefficient (Wildman–Crippen LogP) is 5.57. The average Bonchev–Trinajstić information content (AvgIpc) is 2.43. The number of benzene rings is 2. The lowest BCUT2D eigenvalue weighted by Gasteiger charge is -2.18. The first-order valence-corrected chi connectivity index (χ1v) is 7.20. The van der Waals surface area contributed by atoms with Crippen molar-refractivity contribution in [1.29, 1.82) is 0 Å². The molecule has 1 unspecified atom stereocenters. The van der Waals surface area contributed by atoms with E-state index >= 15 is 0 Å². The molecule has 2 aromatic rings.